The van der Waals surface area contributed by atoms with Crippen LogP contribution in [0.1, 0.15) is 82.2 Å². The molecule has 16 heteroatoms. The molecule has 7 aliphatic rings. The molecule has 4 aromatic rings. The van der Waals surface area contributed by atoms with E-state index in [1.807, 2.05) is 6.20 Å². The van der Waals surface area contributed by atoms with E-state index in [4.69, 9.17) is 19.2 Å². The highest BCUT2D eigenvalue weighted by Gasteiger charge is 2.56. The predicted molar refractivity (Wildman–Crippen MR) is 263 cm³/mol. The number of carbonyl (C=O) groups is 4. The Morgan fingerprint density at radius 2 is 1.84 bits per heavy atom. The van der Waals surface area contributed by atoms with Gasteiger partial charge < -0.3 is 33.9 Å². The van der Waals surface area contributed by atoms with Gasteiger partial charge in [-0.15, -0.1) is 0 Å². The van der Waals surface area contributed by atoms with Gasteiger partial charge in [0.15, 0.2) is 0 Å². The molecule has 3 amide bonds. The highest BCUT2D eigenvalue weighted by atomic mass is 28.2. The Kier molecular flexibility index (Phi) is 12.2. The summed E-state index contributed by atoms with van der Waals surface area (Å²) in [6.45, 7) is 15.7. The zero-order valence-electron chi connectivity index (χ0n) is 40.7. The monoisotopic (exact) mass is 954 g/mol. The second-order valence-electron chi connectivity index (χ2n) is 21.2. The fraction of sp³-hybridized carbons (Fsp3) is 0.566. The number of piperazine rings is 1. The standard InChI is InChI=1S/C53H66N8O7Si/c1-6-60-42-15-14-35-23-39(42)43-44(47(66-5)45-40(46(43)60)24-37(26-54-45)59-19-18-57-20-21-67-29-38(57)28-59)52(3,4)30-68-49(64)41-13-9-17-61(56-41)51(65)53(25-33-10-7-11-34(35)22-33)31-69-50(53)55-48(63)36-12-8-16-58(27-36)32(2)62/h7,10-11,14-15,22-24,26,36,38,41,44,47,50,56H,6,8-9,12-13,16-21,25,27-31H2,1-5H3,(H,55,63)/t36-,38-,41-,44?,47-,50?,53-/m0/s1. The van der Waals surface area contributed by atoms with Gasteiger partial charge >= 0.3 is 5.97 Å². The number of piperidine rings is 1. The molecule has 5 saturated heterocycles. The number of fused-ring (bicyclic) bond motifs is 9. The maximum atomic E-state index is 15.2. The van der Waals surface area contributed by atoms with Gasteiger partial charge in [0.05, 0.1) is 70.0 Å². The number of anilines is 1. The molecule has 2 aromatic heterocycles. The number of amides is 3. The van der Waals surface area contributed by atoms with Crippen LogP contribution in [0.15, 0.2) is 54.7 Å². The van der Waals surface area contributed by atoms with Crippen molar-refractivity contribution in [2.45, 2.75) is 102 Å². The Hall–Kier alpha value is -5.13. The molecule has 8 heterocycles. The van der Waals surface area contributed by atoms with Gasteiger partial charge in [0.25, 0.3) is 0 Å². The van der Waals surface area contributed by atoms with Gasteiger partial charge in [-0.25, -0.2) is 5.43 Å². The van der Waals surface area contributed by atoms with Crippen LogP contribution in [-0.4, -0.2) is 148 Å². The third-order valence-electron chi connectivity index (χ3n) is 16.6. The molecule has 2 radical (unpaired) electrons. The van der Waals surface area contributed by atoms with Crippen LogP contribution in [0.4, 0.5) is 5.69 Å². The molecule has 2 unspecified atom stereocenters. The minimum absolute atomic E-state index is 0.0289. The van der Waals surface area contributed by atoms with E-state index in [2.05, 4.69) is 94.4 Å². The quantitative estimate of drug-likeness (QED) is 0.202. The molecule has 15 nitrogen and oxygen atoms in total. The first-order valence-corrected chi connectivity index (χ1v) is 26.5. The number of methoxy groups -OCH3 is 1. The number of hydrazine groups is 1. The third kappa shape index (κ3) is 8.07. The summed E-state index contributed by atoms with van der Waals surface area (Å²) in [4.78, 5) is 67.9. The van der Waals surface area contributed by atoms with Gasteiger partial charge in [-0.2, -0.15) is 0 Å². The molecule has 364 valence electrons. The fourth-order valence-electron chi connectivity index (χ4n) is 12.7. The van der Waals surface area contributed by atoms with Crippen molar-refractivity contribution in [3.05, 3.63) is 71.5 Å². The molecule has 6 aliphatic heterocycles. The Bertz CT molecular complexity index is 2690. The number of cyclic esters (lactones) is 1. The lowest BCUT2D eigenvalue weighted by Gasteiger charge is -2.51. The number of aromatic nitrogens is 2. The van der Waals surface area contributed by atoms with Crippen molar-refractivity contribution in [2.24, 2.45) is 16.7 Å². The smallest absolute Gasteiger partial charge is 0.324 e. The maximum absolute atomic E-state index is 15.2. The molecule has 2 aromatic carbocycles. The van der Waals surface area contributed by atoms with Crippen LogP contribution < -0.4 is 15.6 Å². The zero-order valence-corrected chi connectivity index (χ0v) is 41.7. The predicted octanol–water partition coefficient (Wildman–Crippen LogP) is 5.14. The summed E-state index contributed by atoms with van der Waals surface area (Å²) in [5.74, 6) is -1.23. The van der Waals surface area contributed by atoms with E-state index in [1.54, 1.807) is 23.9 Å². The number of nitrogens with zero attached hydrogens (tertiary/aromatic N) is 6. The van der Waals surface area contributed by atoms with Gasteiger partial charge in [-0.05, 0) is 85.5 Å². The van der Waals surface area contributed by atoms with E-state index in [9.17, 15) is 14.4 Å². The molecule has 0 saturated carbocycles. The molecule has 1 aliphatic carbocycles. The average molecular weight is 955 g/mol. The topological polar surface area (TPSA) is 151 Å². The number of likely N-dealkylation sites (tertiary alicyclic amines) is 1. The van der Waals surface area contributed by atoms with Crippen LogP contribution in [-0.2, 0) is 46.4 Å². The number of carbonyl (C=O) groups excluding carboxylic acids is 4. The van der Waals surface area contributed by atoms with Gasteiger partial charge in [0, 0.05) is 99.9 Å². The number of hydrogen-bond donors (Lipinski definition) is 2. The van der Waals surface area contributed by atoms with Gasteiger partial charge in [0.2, 0.25) is 17.7 Å². The second kappa shape index (κ2) is 18.2. The number of aryl methyl sites for hydroxylation is 1. The first kappa shape index (κ1) is 46.3. The summed E-state index contributed by atoms with van der Waals surface area (Å²) in [7, 11) is 2.11. The lowest BCUT2D eigenvalue weighted by Crippen LogP contribution is -2.70. The zero-order chi connectivity index (χ0) is 47.8. The number of rotatable bonds is 5. The van der Waals surface area contributed by atoms with E-state index in [0.717, 1.165) is 103 Å². The summed E-state index contributed by atoms with van der Waals surface area (Å²) in [5.41, 5.74) is 10.9. The average Bonchev–Trinajstić information content (AvgIpc) is 3.70. The molecule has 1 spiro atoms. The van der Waals surface area contributed by atoms with Crippen LogP contribution in [0.25, 0.3) is 33.3 Å². The van der Waals surface area contributed by atoms with Crippen LogP contribution in [0.2, 0.25) is 6.04 Å². The largest absolute Gasteiger partial charge is 0.464 e. The lowest BCUT2D eigenvalue weighted by atomic mass is 9.67. The number of hydrogen-bond acceptors (Lipinski definition) is 11. The Morgan fingerprint density at radius 1 is 1.00 bits per heavy atom. The minimum Gasteiger partial charge on any atom is -0.464 e. The van der Waals surface area contributed by atoms with Crippen molar-refractivity contribution < 1.29 is 33.4 Å². The summed E-state index contributed by atoms with van der Waals surface area (Å²) in [6, 6.07) is 17.8. The number of benzene rings is 2. The number of esters is 1. The normalized spacial score (nSPS) is 29.1. The van der Waals surface area contributed by atoms with E-state index in [1.165, 1.54) is 5.56 Å². The Balaban J connectivity index is 1.02. The highest BCUT2D eigenvalue weighted by molar-refractivity contribution is 6.45. The number of morpholine rings is 1. The van der Waals surface area contributed by atoms with Crippen molar-refractivity contribution in [3.63, 3.8) is 0 Å². The van der Waals surface area contributed by atoms with Gasteiger partial charge in [0.1, 0.15) is 12.1 Å². The van der Waals surface area contributed by atoms with E-state index < -0.39 is 28.9 Å². The van der Waals surface area contributed by atoms with E-state index in [0.29, 0.717) is 66.9 Å². The fourth-order valence-corrected chi connectivity index (χ4v) is 14.4. The second-order valence-corrected chi connectivity index (χ2v) is 22.6. The molecular formula is C53H66N8O7Si. The molecule has 2 N–H and O–H groups in total. The minimum atomic E-state index is -0.935. The SMILES string of the molecule is CCn1c2c3c4cc(ccc41)-c1cccc(c1)C[C@@]1(C[Si]C1NC(=O)[C@H]1CCCN(C(C)=O)C1)C(=O)N1CCC[C@H](N1)C(=O)OCC(C)(C)C3[C@H](OC)c1ncc(N3CCN4CCOC[C@@H]4C3)cc1-2. The first-order valence-electron chi connectivity index (χ1n) is 25.3. The Morgan fingerprint density at radius 3 is 2.64 bits per heavy atom. The summed E-state index contributed by atoms with van der Waals surface area (Å²) in [5, 5.41) is 6.10. The van der Waals surface area contributed by atoms with Crippen LogP contribution in [0.3, 0.4) is 0 Å². The molecule has 69 heavy (non-hydrogen) atoms. The van der Waals surface area contributed by atoms with Crippen LogP contribution >= 0.6 is 0 Å². The third-order valence-corrected chi connectivity index (χ3v) is 18.5. The number of ether oxygens (including phenoxy) is 3. The van der Waals surface area contributed by atoms with Crippen LogP contribution in [0.5, 0.6) is 0 Å². The van der Waals surface area contributed by atoms with Crippen molar-refractivity contribution >= 4 is 49.8 Å². The van der Waals surface area contributed by atoms with E-state index >= 15 is 4.79 Å². The van der Waals surface area contributed by atoms with Gasteiger partial charge in [-0.1, -0.05) is 44.2 Å². The van der Waals surface area contributed by atoms with Crippen LogP contribution in [0, 0.1) is 16.7 Å². The van der Waals surface area contributed by atoms with Crippen molar-refractivity contribution in [3.8, 4) is 22.4 Å². The number of nitrogens with one attached hydrogen (secondary N) is 2. The van der Waals surface area contributed by atoms with Gasteiger partial charge in [-0.3, -0.25) is 34.1 Å². The number of pyridine rings is 1. The summed E-state index contributed by atoms with van der Waals surface area (Å²) in [6.07, 6.45) is 4.60. The highest BCUT2D eigenvalue weighted by Crippen LogP contribution is 2.57. The first-order chi connectivity index (χ1) is 33.4. The maximum Gasteiger partial charge on any atom is 0.324 e. The van der Waals surface area contributed by atoms with Crippen molar-refractivity contribution in [1.82, 2.24) is 35.1 Å². The molecular weight excluding hydrogens is 889 g/mol. The molecule has 6 bridgehead atoms. The lowest BCUT2D eigenvalue weighted by molar-refractivity contribution is -0.159. The summed E-state index contributed by atoms with van der Waals surface area (Å²) < 4.78 is 21.3. The molecule has 7 atom stereocenters. The molecule has 5 fully saturated rings. The van der Waals surface area contributed by atoms with E-state index in [-0.39, 0.29) is 41.8 Å². The summed E-state index contributed by atoms with van der Waals surface area (Å²) >= 11 is 0. The molecule has 11 rings (SSSR count). The van der Waals surface area contributed by atoms with Crippen molar-refractivity contribution in [1.29, 1.82) is 0 Å². The Labute approximate surface area is 407 Å². The van der Waals surface area contributed by atoms with Crippen molar-refractivity contribution in [2.75, 3.05) is 77.6 Å².